The first-order valence-corrected chi connectivity index (χ1v) is 8.85. The van der Waals surface area contributed by atoms with E-state index in [-0.39, 0.29) is 28.8 Å². The summed E-state index contributed by atoms with van der Waals surface area (Å²) in [6.45, 7) is 3.57. The Morgan fingerprint density at radius 2 is 1.93 bits per heavy atom. The van der Waals surface area contributed by atoms with Crippen molar-refractivity contribution in [1.29, 1.82) is 0 Å². The topological polar surface area (TPSA) is 93.1 Å². The summed E-state index contributed by atoms with van der Waals surface area (Å²) < 4.78 is 10.2. The fourth-order valence-electron chi connectivity index (χ4n) is 3.25. The molecule has 0 saturated heterocycles. The van der Waals surface area contributed by atoms with Crippen molar-refractivity contribution in [2.75, 3.05) is 18.6 Å². The first-order chi connectivity index (χ1) is 13.3. The van der Waals surface area contributed by atoms with Gasteiger partial charge in [-0.15, -0.1) is 0 Å². The Kier molecular flexibility index (Phi) is 5.35. The number of hydrogen-bond acceptors (Lipinski definition) is 6. The number of nitrogens with zero attached hydrogens (tertiary/aromatic N) is 1. The zero-order chi connectivity index (χ0) is 20.4. The number of fused-ring (bicyclic) bond motifs is 1. The summed E-state index contributed by atoms with van der Waals surface area (Å²) in [7, 11) is 1.37. The van der Waals surface area contributed by atoms with E-state index in [0.29, 0.717) is 18.5 Å². The molecule has 0 fully saturated rings. The minimum Gasteiger partial charge on any atom is -0.504 e. The molecule has 7 nitrogen and oxygen atoms in total. The van der Waals surface area contributed by atoms with Crippen LogP contribution in [0, 0.1) is 0 Å². The van der Waals surface area contributed by atoms with Gasteiger partial charge in [0.25, 0.3) is 0 Å². The van der Waals surface area contributed by atoms with Crippen LogP contribution in [0.5, 0.6) is 11.5 Å². The first kappa shape index (κ1) is 19.4. The molecule has 1 aliphatic heterocycles. The van der Waals surface area contributed by atoms with Gasteiger partial charge < -0.3 is 19.5 Å². The standard InChI is InChI=1S/C21H21NO6/c1-12(28-21(26)16-5-4-6-18(27-3)20(16)25)19(24)15-7-8-17-14(11-15)9-10-22(17)13(2)23/h4-8,11-12,25H,9-10H2,1-3H3. The Morgan fingerprint density at radius 1 is 1.18 bits per heavy atom. The monoisotopic (exact) mass is 383 g/mol. The van der Waals surface area contributed by atoms with Gasteiger partial charge >= 0.3 is 5.97 Å². The van der Waals surface area contributed by atoms with Crippen molar-refractivity contribution in [1.82, 2.24) is 0 Å². The predicted octanol–water partition coefficient (Wildman–Crippen LogP) is 2.74. The van der Waals surface area contributed by atoms with Crippen LogP contribution in [-0.2, 0) is 16.0 Å². The van der Waals surface area contributed by atoms with Gasteiger partial charge in [-0.2, -0.15) is 0 Å². The van der Waals surface area contributed by atoms with E-state index < -0.39 is 12.1 Å². The summed E-state index contributed by atoms with van der Waals surface area (Å²) in [6.07, 6.45) is -0.372. The van der Waals surface area contributed by atoms with Gasteiger partial charge in [0, 0.05) is 24.7 Å². The third-order valence-corrected chi connectivity index (χ3v) is 4.73. The minimum atomic E-state index is -1.04. The highest BCUT2D eigenvalue weighted by molar-refractivity contribution is 6.03. The van der Waals surface area contributed by atoms with Crippen LogP contribution >= 0.6 is 0 Å². The van der Waals surface area contributed by atoms with Crippen molar-refractivity contribution in [2.24, 2.45) is 0 Å². The summed E-state index contributed by atoms with van der Waals surface area (Å²) in [5.41, 5.74) is 2.03. The molecule has 7 heteroatoms. The van der Waals surface area contributed by atoms with Gasteiger partial charge in [-0.1, -0.05) is 6.07 Å². The number of phenols is 1. The van der Waals surface area contributed by atoms with Gasteiger partial charge in [0.2, 0.25) is 11.7 Å². The molecule has 0 aromatic heterocycles. The first-order valence-electron chi connectivity index (χ1n) is 8.85. The molecule has 1 heterocycles. The van der Waals surface area contributed by atoms with E-state index in [2.05, 4.69) is 0 Å². The van der Waals surface area contributed by atoms with Crippen LogP contribution in [0.1, 0.15) is 40.1 Å². The van der Waals surface area contributed by atoms with Crippen LogP contribution in [0.4, 0.5) is 5.69 Å². The number of para-hydroxylation sites is 1. The molecule has 0 saturated carbocycles. The van der Waals surface area contributed by atoms with Crippen LogP contribution in [0.3, 0.4) is 0 Å². The second-order valence-electron chi connectivity index (χ2n) is 6.53. The van der Waals surface area contributed by atoms with Crippen LogP contribution < -0.4 is 9.64 Å². The van der Waals surface area contributed by atoms with Gasteiger partial charge in [0.1, 0.15) is 5.56 Å². The molecule has 3 rings (SSSR count). The summed E-state index contributed by atoms with van der Waals surface area (Å²) in [5.74, 6) is -1.42. The lowest BCUT2D eigenvalue weighted by Crippen LogP contribution is -2.26. The molecule has 2 aromatic carbocycles. The fraction of sp³-hybridized carbons (Fsp3) is 0.286. The molecular weight excluding hydrogens is 362 g/mol. The Labute approximate surface area is 162 Å². The number of aromatic hydroxyl groups is 1. The Bertz CT molecular complexity index is 952. The number of phenolic OH excluding ortho intramolecular Hbond substituents is 1. The molecular formula is C21H21NO6. The number of rotatable bonds is 5. The SMILES string of the molecule is COc1cccc(C(=O)OC(C)C(=O)c2ccc3c(c2)CCN3C(C)=O)c1O. The number of carbonyl (C=O) groups is 3. The average molecular weight is 383 g/mol. The molecule has 0 radical (unpaired) electrons. The smallest absolute Gasteiger partial charge is 0.342 e. The van der Waals surface area contributed by atoms with Gasteiger partial charge in [0.05, 0.1) is 7.11 Å². The summed E-state index contributed by atoms with van der Waals surface area (Å²) >= 11 is 0. The van der Waals surface area contributed by atoms with E-state index in [1.54, 1.807) is 29.2 Å². The fourth-order valence-corrected chi connectivity index (χ4v) is 3.25. The summed E-state index contributed by atoms with van der Waals surface area (Å²) in [4.78, 5) is 38.3. The zero-order valence-corrected chi connectivity index (χ0v) is 15.9. The van der Waals surface area contributed by atoms with E-state index in [4.69, 9.17) is 9.47 Å². The van der Waals surface area contributed by atoms with Gasteiger partial charge in [0.15, 0.2) is 17.6 Å². The van der Waals surface area contributed by atoms with Gasteiger partial charge in [-0.25, -0.2) is 4.79 Å². The zero-order valence-electron chi connectivity index (χ0n) is 15.9. The maximum Gasteiger partial charge on any atom is 0.342 e. The number of methoxy groups -OCH3 is 1. The lowest BCUT2D eigenvalue weighted by atomic mass is 10.0. The third-order valence-electron chi connectivity index (χ3n) is 4.73. The molecule has 146 valence electrons. The highest BCUT2D eigenvalue weighted by atomic mass is 16.5. The Balaban J connectivity index is 1.75. The van der Waals surface area contributed by atoms with E-state index in [1.165, 1.54) is 33.1 Å². The Morgan fingerprint density at radius 3 is 2.61 bits per heavy atom. The molecule has 1 aliphatic rings. The number of amides is 1. The maximum atomic E-state index is 12.7. The third kappa shape index (κ3) is 3.55. The predicted molar refractivity (Wildman–Crippen MR) is 102 cm³/mol. The van der Waals surface area contributed by atoms with Crippen LogP contribution in [0.2, 0.25) is 0 Å². The summed E-state index contributed by atoms with van der Waals surface area (Å²) in [6, 6.07) is 9.53. The van der Waals surface area contributed by atoms with Crippen molar-refractivity contribution in [3.05, 3.63) is 53.1 Å². The number of carbonyl (C=O) groups excluding carboxylic acids is 3. The molecule has 1 atom stereocenters. The average Bonchev–Trinajstić information content (AvgIpc) is 3.10. The Hall–Kier alpha value is -3.35. The number of anilines is 1. The molecule has 2 aromatic rings. The molecule has 28 heavy (non-hydrogen) atoms. The van der Waals surface area contributed by atoms with Crippen LogP contribution in [0.25, 0.3) is 0 Å². The molecule has 0 aliphatic carbocycles. The molecule has 0 bridgehead atoms. The molecule has 0 spiro atoms. The molecule has 1 N–H and O–H groups in total. The second kappa shape index (κ2) is 7.72. The van der Waals surface area contributed by atoms with Crippen molar-refractivity contribution in [3.63, 3.8) is 0 Å². The largest absolute Gasteiger partial charge is 0.504 e. The van der Waals surface area contributed by atoms with E-state index in [0.717, 1.165) is 11.3 Å². The van der Waals surface area contributed by atoms with E-state index in [9.17, 15) is 19.5 Å². The van der Waals surface area contributed by atoms with Crippen molar-refractivity contribution in [2.45, 2.75) is 26.4 Å². The highest BCUT2D eigenvalue weighted by Crippen LogP contribution is 2.31. The molecule has 1 amide bonds. The van der Waals surface area contributed by atoms with Crippen LogP contribution in [0.15, 0.2) is 36.4 Å². The van der Waals surface area contributed by atoms with Crippen LogP contribution in [-0.4, -0.2) is 42.5 Å². The number of ether oxygens (including phenoxy) is 2. The van der Waals surface area contributed by atoms with Crippen molar-refractivity contribution < 1.29 is 29.0 Å². The maximum absolute atomic E-state index is 12.7. The lowest BCUT2D eigenvalue weighted by Gasteiger charge is -2.16. The number of esters is 1. The number of benzene rings is 2. The lowest BCUT2D eigenvalue weighted by molar-refractivity contribution is -0.116. The number of ketones is 1. The van der Waals surface area contributed by atoms with Crippen molar-refractivity contribution in [3.8, 4) is 11.5 Å². The quantitative estimate of drug-likeness (QED) is 0.630. The van der Waals surface area contributed by atoms with E-state index >= 15 is 0 Å². The normalized spacial score (nSPS) is 13.6. The van der Waals surface area contributed by atoms with E-state index in [1.807, 2.05) is 0 Å². The summed E-state index contributed by atoms with van der Waals surface area (Å²) in [5, 5.41) is 10.1. The minimum absolute atomic E-state index is 0.0433. The number of Topliss-reactive ketones (excluding diaryl/α,β-unsaturated/α-hetero) is 1. The number of hydrogen-bond donors (Lipinski definition) is 1. The van der Waals surface area contributed by atoms with Crippen molar-refractivity contribution >= 4 is 23.3 Å². The highest BCUT2D eigenvalue weighted by Gasteiger charge is 2.26. The van der Waals surface area contributed by atoms with Gasteiger partial charge in [-0.3, -0.25) is 9.59 Å². The second-order valence-corrected chi connectivity index (χ2v) is 6.53. The van der Waals surface area contributed by atoms with Gasteiger partial charge in [-0.05, 0) is 49.2 Å². The molecule has 1 unspecified atom stereocenters.